The fourth-order valence-electron chi connectivity index (χ4n) is 1.77. The van der Waals surface area contributed by atoms with E-state index in [9.17, 15) is 4.79 Å². The number of nitrogens with one attached hydrogen (secondary N) is 1. The first-order valence-electron chi connectivity index (χ1n) is 6.76. The van der Waals surface area contributed by atoms with E-state index in [4.69, 9.17) is 16.3 Å². The molecule has 20 heavy (non-hydrogen) atoms. The summed E-state index contributed by atoms with van der Waals surface area (Å²) >= 11 is 7.61. The second kappa shape index (κ2) is 8.55. The fourth-order valence-corrected chi connectivity index (χ4v) is 2.74. The number of carbonyl (C=O) groups is 1. The third kappa shape index (κ3) is 5.35. The van der Waals surface area contributed by atoms with Crippen LogP contribution in [0.3, 0.4) is 0 Å². The number of esters is 1. The van der Waals surface area contributed by atoms with Crippen LogP contribution in [-0.2, 0) is 9.53 Å². The molecule has 0 saturated carbocycles. The molecule has 3 nitrogen and oxygen atoms in total. The Bertz CT molecular complexity index is 424. The van der Waals surface area contributed by atoms with Crippen molar-refractivity contribution in [2.24, 2.45) is 0 Å². The lowest BCUT2D eigenvalue weighted by Crippen LogP contribution is -2.48. The maximum Gasteiger partial charge on any atom is 0.326 e. The van der Waals surface area contributed by atoms with Gasteiger partial charge in [-0.15, -0.1) is 11.8 Å². The summed E-state index contributed by atoms with van der Waals surface area (Å²) in [4.78, 5) is 13.1. The Labute approximate surface area is 130 Å². The molecule has 1 atom stereocenters. The molecular formula is C15H22ClNO2S. The van der Waals surface area contributed by atoms with Gasteiger partial charge in [-0.1, -0.05) is 11.6 Å². The van der Waals surface area contributed by atoms with Crippen molar-refractivity contribution in [2.45, 2.75) is 37.1 Å². The van der Waals surface area contributed by atoms with Crippen molar-refractivity contribution in [2.75, 3.05) is 19.4 Å². The van der Waals surface area contributed by atoms with Crippen molar-refractivity contribution in [3.63, 3.8) is 0 Å². The maximum absolute atomic E-state index is 11.9. The largest absolute Gasteiger partial charge is 0.465 e. The molecule has 0 aromatic heterocycles. The van der Waals surface area contributed by atoms with Gasteiger partial charge in [0.15, 0.2) is 0 Å². The van der Waals surface area contributed by atoms with E-state index in [-0.39, 0.29) is 5.97 Å². The van der Waals surface area contributed by atoms with Crippen LogP contribution in [-0.4, -0.2) is 30.9 Å². The Hall–Kier alpha value is -0.710. The monoisotopic (exact) mass is 315 g/mol. The first-order valence-corrected chi connectivity index (χ1v) is 8.12. The average Bonchev–Trinajstić information content (AvgIpc) is 2.45. The molecule has 0 aliphatic heterocycles. The molecule has 1 aromatic carbocycles. The van der Waals surface area contributed by atoms with Gasteiger partial charge in [-0.05, 0) is 63.8 Å². The molecule has 0 aliphatic carbocycles. The topological polar surface area (TPSA) is 38.3 Å². The molecule has 112 valence electrons. The molecule has 1 N–H and O–H groups in total. The number of thioether (sulfide) groups is 1. The molecule has 0 amide bonds. The molecular weight excluding hydrogens is 294 g/mol. The Kier molecular flexibility index (Phi) is 7.41. The second-order valence-corrected chi connectivity index (χ2v) is 6.31. The highest BCUT2D eigenvalue weighted by Gasteiger charge is 2.32. The average molecular weight is 316 g/mol. The maximum atomic E-state index is 11.9. The molecule has 0 radical (unpaired) electrons. The van der Waals surface area contributed by atoms with Crippen molar-refractivity contribution >= 4 is 29.3 Å². The van der Waals surface area contributed by atoms with E-state index in [1.165, 1.54) is 4.90 Å². The number of ether oxygens (including phenoxy) is 1. The van der Waals surface area contributed by atoms with E-state index >= 15 is 0 Å². The van der Waals surface area contributed by atoms with Gasteiger partial charge < -0.3 is 10.1 Å². The summed E-state index contributed by atoms with van der Waals surface area (Å²) < 4.78 is 5.10. The van der Waals surface area contributed by atoms with Crippen molar-refractivity contribution in [1.29, 1.82) is 0 Å². The minimum Gasteiger partial charge on any atom is -0.465 e. The first-order chi connectivity index (χ1) is 9.51. The van der Waals surface area contributed by atoms with Crippen LogP contribution in [0.5, 0.6) is 0 Å². The van der Waals surface area contributed by atoms with Crippen LogP contribution in [0.4, 0.5) is 0 Å². The highest BCUT2D eigenvalue weighted by Crippen LogP contribution is 2.23. The standard InChI is InChI=1S/C15H22ClNO2S/c1-4-19-14(18)15(2,17-3)10-5-11-20-13-8-6-12(16)7-9-13/h6-9,17H,4-5,10-11H2,1-3H3. The summed E-state index contributed by atoms with van der Waals surface area (Å²) in [5.41, 5.74) is -0.601. The van der Waals surface area contributed by atoms with Gasteiger partial charge >= 0.3 is 5.97 Å². The van der Waals surface area contributed by atoms with Crippen molar-refractivity contribution in [3.8, 4) is 0 Å². The van der Waals surface area contributed by atoms with Crippen LogP contribution in [0.1, 0.15) is 26.7 Å². The van der Waals surface area contributed by atoms with Gasteiger partial charge in [-0.2, -0.15) is 0 Å². The van der Waals surface area contributed by atoms with E-state index < -0.39 is 5.54 Å². The predicted octanol–water partition coefficient (Wildman–Crippen LogP) is 3.75. The molecule has 0 aliphatic rings. The zero-order valence-corrected chi connectivity index (χ0v) is 13.8. The first kappa shape index (κ1) is 17.3. The minimum atomic E-state index is -0.601. The Balaban J connectivity index is 2.38. The summed E-state index contributed by atoms with van der Waals surface area (Å²) in [5.74, 6) is 0.775. The normalized spacial score (nSPS) is 13.8. The second-order valence-electron chi connectivity index (χ2n) is 4.71. The molecule has 0 saturated heterocycles. The van der Waals surface area contributed by atoms with Gasteiger partial charge in [0.25, 0.3) is 0 Å². The SMILES string of the molecule is CCOC(=O)C(C)(CCCSc1ccc(Cl)cc1)NC. The van der Waals surface area contributed by atoms with Gasteiger partial charge in [0.2, 0.25) is 0 Å². The third-order valence-corrected chi connectivity index (χ3v) is 4.53. The van der Waals surface area contributed by atoms with Gasteiger partial charge in [0.1, 0.15) is 5.54 Å². The third-order valence-electron chi connectivity index (χ3n) is 3.18. The molecule has 1 aromatic rings. The van der Waals surface area contributed by atoms with Crippen LogP contribution < -0.4 is 5.32 Å². The Morgan fingerprint density at radius 1 is 1.40 bits per heavy atom. The number of hydrogen-bond donors (Lipinski definition) is 1. The van der Waals surface area contributed by atoms with Crippen molar-refractivity contribution < 1.29 is 9.53 Å². The summed E-state index contributed by atoms with van der Waals surface area (Å²) in [6.07, 6.45) is 1.69. The van der Waals surface area contributed by atoms with E-state index in [1.807, 2.05) is 38.1 Å². The van der Waals surface area contributed by atoms with E-state index in [1.54, 1.807) is 18.8 Å². The molecule has 1 rings (SSSR count). The number of hydrogen-bond acceptors (Lipinski definition) is 4. The number of benzene rings is 1. The number of halogens is 1. The molecule has 1 unspecified atom stereocenters. The van der Waals surface area contributed by atoms with Crippen molar-refractivity contribution in [1.82, 2.24) is 5.32 Å². The lowest BCUT2D eigenvalue weighted by molar-refractivity contribution is -0.150. The van der Waals surface area contributed by atoms with Gasteiger partial charge in [-0.3, -0.25) is 4.79 Å². The smallest absolute Gasteiger partial charge is 0.326 e. The molecule has 5 heteroatoms. The summed E-state index contributed by atoms with van der Waals surface area (Å²) in [6.45, 7) is 4.12. The summed E-state index contributed by atoms with van der Waals surface area (Å²) in [5, 5.41) is 3.82. The van der Waals surface area contributed by atoms with E-state index in [0.717, 1.165) is 23.6 Å². The summed E-state index contributed by atoms with van der Waals surface area (Å²) in [7, 11) is 1.79. The highest BCUT2D eigenvalue weighted by molar-refractivity contribution is 7.99. The quantitative estimate of drug-likeness (QED) is 0.450. The van der Waals surface area contributed by atoms with Crippen LogP contribution in [0.25, 0.3) is 0 Å². The lowest BCUT2D eigenvalue weighted by Gasteiger charge is -2.26. The summed E-state index contributed by atoms with van der Waals surface area (Å²) in [6, 6.07) is 7.80. The van der Waals surface area contributed by atoms with E-state index in [2.05, 4.69) is 5.32 Å². The van der Waals surface area contributed by atoms with Crippen LogP contribution in [0, 0.1) is 0 Å². The van der Waals surface area contributed by atoms with Gasteiger partial charge in [-0.25, -0.2) is 0 Å². The van der Waals surface area contributed by atoms with Crippen molar-refractivity contribution in [3.05, 3.63) is 29.3 Å². The number of carbonyl (C=O) groups excluding carboxylic acids is 1. The minimum absolute atomic E-state index is 0.181. The number of likely N-dealkylation sites (N-methyl/N-ethyl adjacent to an activating group) is 1. The molecule has 0 bridgehead atoms. The van der Waals surface area contributed by atoms with E-state index in [0.29, 0.717) is 6.61 Å². The van der Waals surface area contributed by atoms with Gasteiger partial charge in [0, 0.05) is 9.92 Å². The molecule has 0 fully saturated rings. The predicted molar refractivity (Wildman–Crippen MR) is 85.5 cm³/mol. The van der Waals surface area contributed by atoms with Crippen LogP contribution in [0.15, 0.2) is 29.2 Å². The van der Waals surface area contributed by atoms with Crippen LogP contribution in [0.2, 0.25) is 5.02 Å². The van der Waals surface area contributed by atoms with Gasteiger partial charge in [0.05, 0.1) is 6.61 Å². The lowest BCUT2D eigenvalue weighted by atomic mass is 9.97. The van der Waals surface area contributed by atoms with Crippen LogP contribution >= 0.6 is 23.4 Å². The fraction of sp³-hybridized carbons (Fsp3) is 0.533. The zero-order valence-electron chi connectivity index (χ0n) is 12.2. The Morgan fingerprint density at radius 2 is 2.05 bits per heavy atom. The highest BCUT2D eigenvalue weighted by atomic mass is 35.5. The molecule has 0 heterocycles. The molecule has 0 spiro atoms. The number of rotatable bonds is 8. The zero-order chi connectivity index (χ0) is 15.0. The Morgan fingerprint density at radius 3 is 2.60 bits per heavy atom.